The van der Waals surface area contributed by atoms with E-state index in [9.17, 15) is 9.59 Å². The molecule has 1 amide bonds. The van der Waals surface area contributed by atoms with Gasteiger partial charge in [0.15, 0.2) is 0 Å². The highest BCUT2D eigenvalue weighted by Crippen LogP contribution is 2.21. The van der Waals surface area contributed by atoms with Crippen LogP contribution in [0.5, 0.6) is 0 Å². The molecular formula is C18H22N6O2. The minimum Gasteiger partial charge on any atom is -0.388 e. The summed E-state index contributed by atoms with van der Waals surface area (Å²) in [7, 11) is 1.84. The van der Waals surface area contributed by atoms with Crippen molar-refractivity contribution in [2.24, 2.45) is 5.73 Å². The lowest BCUT2D eigenvalue weighted by Gasteiger charge is -2.39. The van der Waals surface area contributed by atoms with E-state index in [2.05, 4.69) is 20.6 Å². The minimum absolute atomic E-state index is 0.0400. The van der Waals surface area contributed by atoms with Gasteiger partial charge in [0.25, 0.3) is 5.56 Å². The molecule has 2 aromatic rings. The van der Waals surface area contributed by atoms with Crippen LogP contribution >= 0.6 is 0 Å². The fraction of sp³-hybridized carbons (Fsp3) is 0.278. The zero-order valence-corrected chi connectivity index (χ0v) is 14.5. The van der Waals surface area contributed by atoms with Gasteiger partial charge < -0.3 is 26.3 Å². The zero-order chi connectivity index (χ0) is 18.5. The third-order valence-corrected chi connectivity index (χ3v) is 4.20. The molecule has 8 nitrogen and oxygen atoms in total. The molecule has 8 heteroatoms. The third kappa shape index (κ3) is 3.92. The number of likely N-dealkylation sites (tertiary alicyclic amines) is 1. The monoisotopic (exact) mass is 354 g/mol. The molecule has 5 N–H and O–H groups in total. The maximum absolute atomic E-state index is 12.1. The molecule has 1 fully saturated rings. The highest BCUT2D eigenvalue weighted by atomic mass is 16.2. The van der Waals surface area contributed by atoms with Gasteiger partial charge in [-0.05, 0) is 18.2 Å². The van der Waals surface area contributed by atoms with Crippen molar-refractivity contribution in [2.45, 2.75) is 6.04 Å². The van der Waals surface area contributed by atoms with Crippen LogP contribution in [0.1, 0.15) is 0 Å². The van der Waals surface area contributed by atoms with E-state index in [1.807, 2.05) is 19.2 Å². The Labute approximate surface area is 151 Å². The Morgan fingerprint density at radius 1 is 1.46 bits per heavy atom. The number of hydrogen-bond donors (Lipinski definition) is 4. The van der Waals surface area contributed by atoms with Crippen molar-refractivity contribution in [1.29, 1.82) is 0 Å². The van der Waals surface area contributed by atoms with Crippen LogP contribution in [0.15, 0.2) is 47.5 Å². The van der Waals surface area contributed by atoms with E-state index in [1.54, 1.807) is 29.4 Å². The number of nitrogens with two attached hydrogens (primary N) is 1. The van der Waals surface area contributed by atoms with Crippen LogP contribution < -0.4 is 21.9 Å². The van der Waals surface area contributed by atoms with Crippen molar-refractivity contribution in [3.05, 3.63) is 53.1 Å². The molecule has 0 radical (unpaired) electrons. The Kier molecular flexibility index (Phi) is 5.33. The Bertz CT molecular complexity index is 870. The van der Waals surface area contributed by atoms with E-state index in [0.29, 0.717) is 25.3 Å². The highest BCUT2D eigenvalue weighted by Gasteiger charge is 2.29. The Morgan fingerprint density at radius 3 is 3.00 bits per heavy atom. The average molecular weight is 354 g/mol. The maximum Gasteiger partial charge on any atom is 0.271 e. The quantitative estimate of drug-likeness (QED) is 0.565. The van der Waals surface area contributed by atoms with Gasteiger partial charge in [0.2, 0.25) is 5.91 Å². The van der Waals surface area contributed by atoms with Gasteiger partial charge >= 0.3 is 0 Å². The number of hydrogen-bond acceptors (Lipinski definition) is 6. The lowest BCUT2D eigenvalue weighted by molar-refractivity contribution is -0.129. The maximum atomic E-state index is 12.1. The molecule has 1 aliphatic rings. The van der Waals surface area contributed by atoms with E-state index in [4.69, 9.17) is 5.73 Å². The van der Waals surface area contributed by atoms with Gasteiger partial charge in [0.05, 0.1) is 11.7 Å². The van der Waals surface area contributed by atoms with E-state index < -0.39 is 0 Å². The molecule has 136 valence electrons. The summed E-state index contributed by atoms with van der Waals surface area (Å²) in [5.41, 5.74) is 8.11. The number of carbonyl (C=O) groups excluding carboxylic acids is 1. The second-order valence-electron chi connectivity index (χ2n) is 6.03. The SMILES string of the molecule is CNc1ccnc(-c2c[nH]c(=O)c(NC3CN(C(=O)/C=C/CN)C3)c2)c1. The molecule has 0 saturated carbocycles. The predicted molar refractivity (Wildman–Crippen MR) is 102 cm³/mol. The molecule has 0 spiro atoms. The fourth-order valence-corrected chi connectivity index (χ4v) is 2.73. The number of nitrogens with zero attached hydrogens (tertiary/aromatic N) is 2. The van der Waals surface area contributed by atoms with Crippen molar-refractivity contribution in [3.8, 4) is 11.3 Å². The van der Waals surface area contributed by atoms with Gasteiger partial charge in [-0.15, -0.1) is 0 Å². The van der Waals surface area contributed by atoms with Crippen molar-refractivity contribution in [1.82, 2.24) is 14.9 Å². The van der Waals surface area contributed by atoms with Crippen molar-refractivity contribution < 1.29 is 4.79 Å². The number of aromatic amines is 1. The number of carbonyl (C=O) groups is 1. The predicted octanol–water partition coefficient (Wildman–Crippen LogP) is 0.616. The summed E-state index contributed by atoms with van der Waals surface area (Å²) >= 11 is 0. The summed E-state index contributed by atoms with van der Waals surface area (Å²) in [6, 6.07) is 5.59. The second-order valence-corrected chi connectivity index (χ2v) is 6.03. The first kappa shape index (κ1) is 17.7. The molecule has 0 aliphatic carbocycles. The van der Waals surface area contributed by atoms with Crippen LogP contribution in [0.25, 0.3) is 11.3 Å². The molecule has 0 unspecified atom stereocenters. The van der Waals surface area contributed by atoms with Crippen LogP contribution in [-0.2, 0) is 4.79 Å². The number of nitrogens with one attached hydrogen (secondary N) is 3. The molecule has 1 aliphatic heterocycles. The van der Waals surface area contributed by atoms with E-state index in [1.165, 1.54) is 6.08 Å². The number of H-pyrrole nitrogens is 1. The number of amides is 1. The summed E-state index contributed by atoms with van der Waals surface area (Å²) < 4.78 is 0. The number of rotatable bonds is 6. The van der Waals surface area contributed by atoms with Crippen LogP contribution in [0, 0.1) is 0 Å². The lowest BCUT2D eigenvalue weighted by atomic mass is 10.1. The standard InChI is InChI=1S/C18H22N6O2/c1-20-13-4-6-21-15(8-13)12-7-16(18(26)22-9-12)23-14-10-24(11-14)17(25)3-2-5-19/h2-4,6-9,14,23H,5,10-11,19H2,1H3,(H,20,21)(H,22,26)/b3-2+. The first-order valence-electron chi connectivity index (χ1n) is 8.39. The van der Waals surface area contributed by atoms with Crippen LogP contribution in [0.3, 0.4) is 0 Å². The van der Waals surface area contributed by atoms with Gasteiger partial charge in [-0.1, -0.05) is 6.08 Å². The van der Waals surface area contributed by atoms with Gasteiger partial charge in [-0.2, -0.15) is 0 Å². The minimum atomic E-state index is -0.202. The molecular weight excluding hydrogens is 332 g/mol. The fourth-order valence-electron chi connectivity index (χ4n) is 2.73. The number of pyridine rings is 2. The van der Waals surface area contributed by atoms with Gasteiger partial charge in [-0.3, -0.25) is 14.6 Å². The largest absolute Gasteiger partial charge is 0.388 e. The Morgan fingerprint density at radius 2 is 2.27 bits per heavy atom. The van der Waals surface area contributed by atoms with Gasteiger partial charge in [0, 0.05) is 56.4 Å². The molecule has 1 saturated heterocycles. The molecule has 0 aromatic carbocycles. The first-order chi connectivity index (χ1) is 12.6. The second kappa shape index (κ2) is 7.83. The van der Waals surface area contributed by atoms with Crippen molar-refractivity contribution in [2.75, 3.05) is 37.3 Å². The smallest absolute Gasteiger partial charge is 0.271 e. The van der Waals surface area contributed by atoms with Crippen molar-refractivity contribution >= 4 is 17.3 Å². The highest BCUT2D eigenvalue weighted by molar-refractivity contribution is 5.88. The van der Waals surface area contributed by atoms with Gasteiger partial charge in [-0.25, -0.2) is 0 Å². The summed E-state index contributed by atoms with van der Waals surface area (Å²) in [5.74, 6) is -0.0655. The Balaban J connectivity index is 1.69. The zero-order valence-electron chi connectivity index (χ0n) is 14.5. The third-order valence-electron chi connectivity index (χ3n) is 4.20. The summed E-state index contributed by atoms with van der Waals surface area (Å²) in [6.45, 7) is 1.43. The van der Waals surface area contributed by atoms with E-state index >= 15 is 0 Å². The normalized spacial score (nSPS) is 14.3. The van der Waals surface area contributed by atoms with E-state index in [0.717, 1.165) is 16.9 Å². The Hall–Kier alpha value is -3.13. The van der Waals surface area contributed by atoms with Crippen molar-refractivity contribution in [3.63, 3.8) is 0 Å². The molecule has 3 rings (SSSR count). The summed E-state index contributed by atoms with van der Waals surface area (Å²) in [5, 5.41) is 6.26. The van der Waals surface area contributed by atoms with E-state index in [-0.39, 0.29) is 17.5 Å². The summed E-state index contributed by atoms with van der Waals surface area (Å²) in [6.07, 6.45) is 6.46. The van der Waals surface area contributed by atoms with Crippen LogP contribution in [0.4, 0.5) is 11.4 Å². The molecule has 2 aromatic heterocycles. The van der Waals surface area contributed by atoms with Crippen LogP contribution in [0.2, 0.25) is 0 Å². The molecule has 0 atom stereocenters. The van der Waals surface area contributed by atoms with Gasteiger partial charge in [0.1, 0.15) is 5.69 Å². The molecule has 26 heavy (non-hydrogen) atoms. The average Bonchev–Trinajstić information content (AvgIpc) is 2.63. The summed E-state index contributed by atoms with van der Waals surface area (Å²) in [4.78, 5) is 32.7. The lowest BCUT2D eigenvalue weighted by Crippen LogP contribution is -2.57. The van der Waals surface area contributed by atoms with Crippen LogP contribution in [-0.4, -0.2) is 53.5 Å². The topological polar surface area (TPSA) is 116 Å². The number of aromatic nitrogens is 2. The number of anilines is 2. The molecule has 0 bridgehead atoms. The molecule has 3 heterocycles. The first-order valence-corrected chi connectivity index (χ1v) is 8.39.